The second kappa shape index (κ2) is 8.65. The van der Waals surface area contributed by atoms with Crippen molar-refractivity contribution in [2.75, 3.05) is 0 Å². The van der Waals surface area contributed by atoms with E-state index in [4.69, 9.17) is 0 Å². The van der Waals surface area contributed by atoms with Crippen molar-refractivity contribution >= 4 is 14.5 Å². The summed E-state index contributed by atoms with van der Waals surface area (Å²) >= 11 is 0. The zero-order chi connectivity index (χ0) is 16.8. The van der Waals surface area contributed by atoms with Gasteiger partial charge in [0.2, 0.25) is 0 Å². The normalized spacial score (nSPS) is 13.8. The van der Waals surface area contributed by atoms with E-state index in [1.807, 2.05) is 0 Å². The Morgan fingerprint density at radius 3 is 2.04 bits per heavy atom. The van der Waals surface area contributed by atoms with E-state index in [1.54, 1.807) is 11.1 Å². The summed E-state index contributed by atoms with van der Waals surface area (Å²) < 4.78 is 0. The molecule has 0 radical (unpaired) electrons. The van der Waals surface area contributed by atoms with Gasteiger partial charge in [0.1, 0.15) is 0 Å². The van der Waals surface area contributed by atoms with Crippen molar-refractivity contribution < 1.29 is 0 Å². The second-order valence-corrected chi connectivity index (χ2v) is 7.35. The second-order valence-electron chi connectivity index (χ2n) is 6.78. The Morgan fingerprint density at radius 1 is 0.826 bits per heavy atom. The van der Waals surface area contributed by atoms with Crippen molar-refractivity contribution in [1.29, 1.82) is 0 Å². The van der Waals surface area contributed by atoms with Crippen LogP contribution in [0.2, 0.25) is 0 Å². The van der Waals surface area contributed by atoms with Crippen LogP contribution in [0.25, 0.3) is 11.1 Å². The molecule has 1 heteroatoms. The van der Waals surface area contributed by atoms with Crippen LogP contribution in [0, 0.1) is 0 Å². The fraction of sp³-hybridized carbons (Fsp3) is 0.455. The first-order valence-electron chi connectivity index (χ1n) is 9.07. The molecule has 0 aromatic heterocycles. The van der Waals surface area contributed by atoms with Crippen LogP contribution in [0.4, 0.5) is 0 Å². The molecule has 2 aromatic rings. The molecule has 124 valence electrons. The van der Waals surface area contributed by atoms with E-state index in [-0.39, 0.29) is 0 Å². The highest BCUT2D eigenvalue weighted by molar-refractivity contribution is 7.28. The van der Waals surface area contributed by atoms with Crippen molar-refractivity contribution in [1.82, 2.24) is 0 Å². The van der Waals surface area contributed by atoms with E-state index in [2.05, 4.69) is 79.4 Å². The number of benzene rings is 2. The Balaban J connectivity index is 2.55. The molecule has 0 bridgehead atoms. The standard InChI is InChI=1S/C22H31P/c1-5-10-16(3)19-14-15-20(18-12-8-7-9-13-18)22(23)21(19)17(4)11-6-2/h7-9,12-17H,5-6,10-11,23H2,1-4H3. The van der Waals surface area contributed by atoms with Gasteiger partial charge in [-0.05, 0) is 52.2 Å². The van der Waals surface area contributed by atoms with Crippen molar-refractivity contribution in [2.45, 2.75) is 65.2 Å². The van der Waals surface area contributed by atoms with Gasteiger partial charge in [-0.3, -0.25) is 0 Å². The van der Waals surface area contributed by atoms with Crippen LogP contribution in [0.15, 0.2) is 42.5 Å². The summed E-state index contributed by atoms with van der Waals surface area (Å²) in [6, 6.07) is 15.5. The minimum Gasteiger partial charge on any atom is -0.105 e. The fourth-order valence-corrected chi connectivity index (χ4v) is 4.38. The minimum absolute atomic E-state index is 0.616. The van der Waals surface area contributed by atoms with Gasteiger partial charge < -0.3 is 0 Å². The van der Waals surface area contributed by atoms with Gasteiger partial charge in [-0.1, -0.05) is 83.0 Å². The number of hydrogen-bond acceptors (Lipinski definition) is 0. The summed E-state index contributed by atoms with van der Waals surface area (Å²) in [5.41, 5.74) is 5.80. The Kier molecular flexibility index (Phi) is 6.85. The van der Waals surface area contributed by atoms with E-state index in [0.717, 1.165) is 0 Å². The summed E-state index contributed by atoms with van der Waals surface area (Å²) in [6.45, 7) is 9.34. The predicted octanol–water partition coefficient (Wildman–Crippen LogP) is 6.66. The molecule has 0 aliphatic rings. The predicted molar refractivity (Wildman–Crippen MR) is 108 cm³/mol. The van der Waals surface area contributed by atoms with Gasteiger partial charge >= 0.3 is 0 Å². The van der Waals surface area contributed by atoms with Gasteiger partial charge in [-0.2, -0.15) is 0 Å². The molecule has 0 fully saturated rings. The van der Waals surface area contributed by atoms with Crippen molar-refractivity contribution in [3.63, 3.8) is 0 Å². The smallest absolute Gasteiger partial charge is 0.0109 e. The molecule has 3 atom stereocenters. The molecular formula is C22H31P. The lowest BCUT2D eigenvalue weighted by atomic mass is 9.83. The molecule has 0 amide bonds. The van der Waals surface area contributed by atoms with Gasteiger partial charge in [0.05, 0.1) is 0 Å². The summed E-state index contributed by atoms with van der Waals surface area (Å²) in [7, 11) is 3.05. The lowest BCUT2D eigenvalue weighted by molar-refractivity contribution is 0.623. The van der Waals surface area contributed by atoms with Crippen LogP contribution in [-0.4, -0.2) is 0 Å². The highest BCUT2D eigenvalue weighted by atomic mass is 31.0. The van der Waals surface area contributed by atoms with Crippen molar-refractivity contribution in [2.24, 2.45) is 0 Å². The molecule has 0 saturated heterocycles. The summed E-state index contributed by atoms with van der Waals surface area (Å²) in [6.07, 6.45) is 5.00. The lowest BCUT2D eigenvalue weighted by Gasteiger charge is -2.25. The van der Waals surface area contributed by atoms with Crippen LogP contribution < -0.4 is 5.30 Å². The zero-order valence-electron chi connectivity index (χ0n) is 15.1. The van der Waals surface area contributed by atoms with E-state index < -0.39 is 0 Å². The van der Waals surface area contributed by atoms with Crippen LogP contribution in [-0.2, 0) is 0 Å². The van der Waals surface area contributed by atoms with Gasteiger partial charge in [-0.15, -0.1) is 9.24 Å². The lowest BCUT2D eigenvalue weighted by Crippen LogP contribution is -2.14. The Labute approximate surface area is 144 Å². The van der Waals surface area contributed by atoms with Crippen molar-refractivity contribution in [3.05, 3.63) is 53.6 Å². The molecule has 0 heterocycles. The minimum atomic E-state index is 0.616. The first-order valence-corrected chi connectivity index (χ1v) is 9.65. The first kappa shape index (κ1) is 18.2. The van der Waals surface area contributed by atoms with Crippen LogP contribution in [0.1, 0.15) is 76.3 Å². The number of rotatable bonds is 7. The quantitative estimate of drug-likeness (QED) is 0.499. The van der Waals surface area contributed by atoms with Crippen LogP contribution >= 0.6 is 9.24 Å². The molecule has 0 aliphatic heterocycles. The van der Waals surface area contributed by atoms with Gasteiger partial charge in [0, 0.05) is 0 Å². The average molecular weight is 326 g/mol. The van der Waals surface area contributed by atoms with Gasteiger partial charge in [0.15, 0.2) is 0 Å². The Bertz CT molecular complexity index is 615. The SMILES string of the molecule is CCCC(C)c1ccc(-c2ccccc2)c(P)c1C(C)CCC. The third-order valence-corrected chi connectivity index (χ3v) is 5.49. The van der Waals surface area contributed by atoms with Gasteiger partial charge in [0.25, 0.3) is 0 Å². The maximum atomic E-state index is 3.05. The van der Waals surface area contributed by atoms with E-state index >= 15 is 0 Å². The molecular weight excluding hydrogens is 295 g/mol. The Hall–Kier alpha value is -1.13. The van der Waals surface area contributed by atoms with E-state index in [0.29, 0.717) is 11.8 Å². The summed E-state index contributed by atoms with van der Waals surface area (Å²) in [5.74, 6) is 1.25. The average Bonchev–Trinajstić information content (AvgIpc) is 2.55. The third kappa shape index (κ3) is 4.24. The Morgan fingerprint density at radius 2 is 1.43 bits per heavy atom. The molecule has 0 saturated carbocycles. The summed E-state index contributed by atoms with van der Waals surface area (Å²) in [5, 5.41) is 1.40. The van der Waals surface area contributed by atoms with Crippen LogP contribution in [0.3, 0.4) is 0 Å². The zero-order valence-corrected chi connectivity index (χ0v) is 16.3. The van der Waals surface area contributed by atoms with Crippen LogP contribution in [0.5, 0.6) is 0 Å². The van der Waals surface area contributed by atoms with E-state index in [1.165, 1.54) is 42.1 Å². The molecule has 23 heavy (non-hydrogen) atoms. The molecule has 2 aromatic carbocycles. The highest BCUT2D eigenvalue weighted by Crippen LogP contribution is 2.34. The highest BCUT2D eigenvalue weighted by Gasteiger charge is 2.19. The number of hydrogen-bond donors (Lipinski definition) is 0. The fourth-order valence-electron chi connectivity index (χ4n) is 3.67. The molecule has 0 aliphatic carbocycles. The first-order chi connectivity index (χ1) is 11.1. The van der Waals surface area contributed by atoms with Gasteiger partial charge in [-0.25, -0.2) is 0 Å². The molecule has 0 spiro atoms. The molecule has 0 nitrogen and oxygen atoms in total. The molecule has 3 unspecified atom stereocenters. The molecule has 0 N–H and O–H groups in total. The van der Waals surface area contributed by atoms with E-state index in [9.17, 15) is 0 Å². The monoisotopic (exact) mass is 326 g/mol. The third-order valence-electron chi connectivity index (χ3n) is 4.87. The largest absolute Gasteiger partial charge is 0.105 e. The summed E-state index contributed by atoms with van der Waals surface area (Å²) in [4.78, 5) is 0. The maximum absolute atomic E-state index is 3.05. The molecule has 2 rings (SSSR count). The topological polar surface area (TPSA) is 0 Å². The maximum Gasteiger partial charge on any atom is -0.0109 e. The van der Waals surface area contributed by atoms with Crippen molar-refractivity contribution in [3.8, 4) is 11.1 Å².